The second-order valence-electron chi connectivity index (χ2n) is 3.29. The van der Waals surface area contributed by atoms with Gasteiger partial charge in [-0.15, -0.1) is 0 Å². The fourth-order valence-electron chi connectivity index (χ4n) is 1.59. The molecule has 0 aromatic heterocycles. The van der Waals surface area contributed by atoms with E-state index in [1.807, 2.05) is 30.3 Å². The predicted molar refractivity (Wildman–Crippen MR) is 57.2 cm³/mol. The van der Waals surface area contributed by atoms with Gasteiger partial charge in [0.05, 0.1) is 19.8 Å². The Labute approximate surface area is 88.9 Å². The van der Waals surface area contributed by atoms with Crippen LogP contribution in [0.4, 0.5) is 0 Å². The zero-order chi connectivity index (χ0) is 10.5. The van der Waals surface area contributed by atoms with Crippen molar-refractivity contribution in [3.05, 3.63) is 41.5 Å². The van der Waals surface area contributed by atoms with Crippen LogP contribution in [-0.4, -0.2) is 24.9 Å². The molecule has 2 rings (SSSR count). The SMILES string of the molecule is OCC=Cc1ccccc1C1OCCO1. The lowest BCUT2D eigenvalue weighted by Crippen LogP contribution is -2.00. The summed E-state index contributed by atoms with van der Waals surface area (Å²) < 4.78 is 10.9. The topological polar surface area (TPSA) is 38.7 Å². The predicted octanol–water partition coefficient (Wildman–Crippen LogP) is 1.74. The molecule has 1 N–H and O–H groups in total. The van der Waals surface area contributed by atoms with Gasteiger partial charge in [0.2, 0.25) is 0 Å². The first kappa shape index (κ1) is 10.4. The molecule has 0 bridgehead atoms. The summed E-state index contributed by atoms with van der Waals surface area (Å²) >= 11 is 0. The summed E-state index contributed by atoms with van der Waals surface area (Å²) in [7, 11) is 0. The van der Waals surface area contributed by atoms with Crippen molar-refractivity contribution in [2.75, 3.05) is 19.8 Å². The highest BCUT2D eigenvalue weighted by Gasteiger charge is 2.19. The maximum Gasteiger partial charge on any atom is 0.184 e. The van der Waals surface area contributed by atoms with Crippen LogP contribution in [0, 0.1) is 0 Å². The molecule has 1 fully saturated rings. The second kappa shape index (κ2) is 5.07. The molecule has 3 heteroatoms. The van der Waals surface area contributed by atoms with E-state index in [1.165, 1.54) is 0 Å². The molecule has 1 heterocycles. The van der Waals surface area contributed by atoms with Crippen molar-refractivity contribution in [3.8, 4) is 0 Å². The molecule has 0 saturated carbocycles. The van der Waals surface area contributed by atoms with Crippen LogP contribution in [0.2, 0.25) is 0 Å². The monoisotopic (exact) mass is 206 g/mol. The van der Waals surface area contributed by atoms with E-state index in [-0.39, 0.29) is 12.9 Å². The third-order valence-corrected chi connectivity index (χ3v) is 2.27. The first-order chi connectivity index (χ1) is 7.42. The largest absolute Gasteiger partial charge is 0.392 e. The minimum atomic E-state index is -0.260. The Morgan fingerprint density at radius 3 is 2.73 bits per heavy atom. The average Bonchev–Trinajstić information content (AvgIpc) is 2.80. The molecule has 0 unspecified atom stereocenters. The van der Waals surface area contributed by atoms with Crippen molar-refractivity contribution in [2.45, 2.75) is 6.29 Å². The molecule has 0 amide bonds. The minimum absolute atomic E-state index is 0.0424. The van der Waals surface area contributed by atoms with Crippen LogP contribution in [0.25, 0.3) is 6.08 Å². The molecule has 3 nitrogen and oxygen atoms in total. The van der Waals surface area contributed by atoms with E-state index in [0.29, 0.717) is 13.2 Å². The summed E-state index contributed by atoms with van der Waals surface area (Å²) in [5, 5.41) is 8.73. The number of aliphatic hydroxyl groups is 1. The lowest BCUT2D eigenvalue weighted by molar-refractivity contribution is -0.0442. The third kappa shape index (κ3) is 2.45. The first-order valence-electron chi connectivity index (χ1n) is 5.01. The van der Waals surface area contributed by atoms with Crippen LogP contribution in [0.3, 0.4) is 0 Å². The third-order valence-electron chi connectivity index (χ3n) is 2.27. The second-order valence-corrected chi connectivity index (χ2v) is 3.29. The highest BCUT2D eigenvalue weighted by Crippen LogP contribution is 2.26. The van der Waals surface area contributed by atoms with Crippen molar-refractivity contribution < 1.29 is 14.6 Å². The number of benzene rings is 1. The minimum Gasteiger partial charge on any atom is -0.392 e. The van der Waals surface area contributed by atoms with Gasteiger partial charge in [0, 0.05) is 5.56 Å². The van der Waals surface area contributed by atoms with Gasteiger partial charge in [-0.3, -0.25) is 0 Å². The van der Waals surface area contributed by atoms with Crippen LogP contribution < -0.4 is 0 Å². The number of aliphatic hydroxyl groups excluding tert-OH is 1. The van der Waals surface area contributed by atoms with E-state index in [1.54, 1.807) is 6.08 Å². The molecular formula is C12H14O3. The number of ether oxygens (including phenoxy) is 2. The van der Waals surface area contributed by atoms with Gasteiger partial charge in [0.25, 0.3) is 0 Å². The van der Waals surface area contributed by atoms with Crippen molar-refractivity contribution in [2.24, 2.45) is 0 Å². The van der Waals surface area contributed by atoms with E-state index in [4.69, 9.17) is 14.6 Å². The molecule has 1 saturated heterocycles. The van der Waals surface area contributed by atoms with Gasteiger partial charge in [-0.05, 0) is 5.56 Å². The van der Waals surface area contributed by atoms with E-state index < -0.39 is 0 Å². The van der Waals surface area contributed by atoms with Crippen molar-refractivity contribution >= 4 is 6.08 Å². The number of rotatable bonds is 3. The maximum atomic E-state index is 8.73. The van der Waals surface area contributed by atoms with Gasteiger partial charge in [-0.2, -0.15) is 0 Å². The highest BCUT2D eigenvalue weighted by molar-refractivity contribution is 5.54. The Morgan fingerprint density at radius 1 is 1.27 bits per heavy atom. The summed E-state index contributed by atoms with van der Waals surface area (Å²) in [6.07, 6.45) is 3.32. The summed E-state index contributed by atoms with van der Waals surface area (Å²) in [5.74, 6) is 0. The summed E-state index contributed by atoms with van der Waals surface area (Å²) in [6.45, 7) is 1.33. The van der Waals surface area contributed by atoms with E-state index in [0.717, 1.165) is 11.1 Å². The molecule has 1 aliphatic heterocycles. The molecule has 0 aliphatic carbocycles. The molecule has 1 aliphatic rings. The Balaban J connectivity index is 2.24. The number of hydrogen-bond donors (Lipinski definition) is 1. The zero-order valence-electron chi connectivity index (χ0n) is 8.43. The van der Waals surface area contributed by atoms with Crippen LogP contribution >= 0.6 is 0 Å². The Morgan fingerprint density at radius 2 is 2.00 bits per heavy atom. The van der Waals surface area contributed by atoms with Gasteiger partial charge in [0.15, 0.2) is 6.29 Å². The molecule has 0 radical (unpaired) electrons. The summed E-state index contributed by atoms with van der Waals surface area (Å²) in [5.41, 5.74) is 2.04. The van der Waals surface area contributed by atoms with Crippen molar-refractivity contribution in [1.29, 1.82) is 0 Å². The van der Waals surface area contributed by atoms with Crippen LogP contribution in [0.1, 0.15) is 17.4 Å². The smallest absolute Gasteiger partial charge is 0.184 e. The van der Waals surface area contributed by atoms with E-state index in [2.05, 4.69) is 0 Å². The Hall–Kier alpha value is -1.16. The average molecular weight is 206 g/mol. The van der Waals surface area contributed by atoms with E-state index in [9.17, 15) is 0 Å². The van der Waals surface area contributed by atoms with Crippen LogP contribution in [-0.2, 0) is 9.47 Å². The Kier molecular flexibility index (Phi) is 3.50. The van der Waals surface area contributed by atoms with Crippen molar-refractivity contribution in [3.63, 3.8) is 0 Å². The van der Waals surface area contributed by atoms with Crippen LogP contribution in [0.15, 0.2) is 30.3 Å². The molecule has 1 aromatic carbocycles. The fourth-order valence-corrected chi connectivity index (χ4v) is 1.59. The molecule has 15 heavy (non-hydrogen) atoms. The van der Waals surface area contributed by atoms with E-state index >= 15 is 0 Å². The fraction of sp³-hybridized carbons (Fsp3) is 0.333. The molecule has 80 valence electrons. The summed E-state index contributed by atoms with van der Waals surface area (Å²) in [6, 6.07) is 7.87. The molecule has 0 atom stereocenters. The zero-order valence-corrected chi connectivity index (χ0v) is 8.43. The van der Waals surface area contributed by atoms with Gasteiger partial charge in [0.1, 0.15) is 0 Å². The van der Waals surface area contributed by atoms with Gasteiger partial charge < -0.3 is 14.6 Å². The van der Waals surface area contributed by atoms with Gasteiger partial charge in [-0.25, -0.2) is 0 Å². The standard InChI is InChI=1S/C12H14O3/c13-7-3-5-10-4-1-2-6-11(10)12-14-8-9-15-12/h1-6,12-13H,7-9H2. The van der Waals surface area contributed by atoms with Crippen LogP contribution in [0.5, 0.6) is 0 Å². The normalized spacial score (nSPS) is 17.7. The van der Waals surface area contributed by atoms with Crippen molar-refractivity contribution in [1.82, 2.24) is 0 Å². The quantitative estimate of drug-likeness (QED) is 0.818. The maximum absolute atomic E-state index is 8.73. The Bertz CT molecular complexity index is 340. The molecule has 0 spiro atoms. The lowest BCUT2D eigenvalue weighted by atomic mass is 10.1. The lowest BCUT2D eigenvalue weighted by Gasteiger charge is -2.12. The molecule has 1 aromatic rings. The highest BCUT2D eigenvalue weighted by atomic mass is 16.7. The van der Waals surface area contributed by atoms with Gasteiger partial charge >= 0.3 is 0 Å². The summed E-state index contributed by atoms with van der Waals surface area (Å²) in [4.78, 5) is 0. The molecular weight excluding hydrogens is 192 g/mol. The first-order valence-corrected chi connectivity index (χ1v) is 5.01. The van der Waals surface area contributed by atoms with Gasteiger partial charge in [-0.1, -0.05) is 36.4 Å². The number of hydrogen-bond acceptors (Lipinski definition) is 3.